The Morgan fingerprint density at radius 2 is 1.97 bits per heavy atom. The summed E-state index contributed by atoms with van der Waals surface area (Å²) in [5.41, 5.74) is 2.74. The summed E-state index contributed by atoms with van der Waals surface area (Å²) >= 11 is 0. The van der Waals surface area contributed by atoms with E-state index in [1.54, 1.807) is 7.11 Å². The van der Waals surface area contributed by atoms with E-state index in [4.69, 9.17) is 14.5 Å². The molecule has 0 spiro atoms. The van der Waals surface area contributed by atoms with Gasteiger partial charge in [-0.15, -0.1) is 0 Å². The molecular formula is C24H30FN5O2. The van der Waals surface area contributed by atoms with Crippen LogP contribution in [0.4, 0.5) is 4.39 Å². The summed E-state index contributed by atoms with van der Waals surface area (Å²) in [6, 6.07) is 5.52. The first-order chi connectivity index (χ1) is 15.6. The second kappa shape index (κ2) is 8.65. The third-order valence-electron chi connectivity index (χ3n) is 6.72. The molecule has 32 heavy (non-hydrogen) atoms. The zero-order valence-electron chi connectivity index (χ0n) is 19.0. The molecule has 3 aromatic rings. The van der Waals surface area contributed by atoms with E-state index in [2.05, 4.69) is 21.8 Å². The molecule has 3 saturated heterocycles. The fourth-order valence-corrected chi connectivity index (χ4v) is 4.95. The van der Waals surface area contributed by atoms with Crippen molar-refractivity contribution < 1.29 is 13.9 Å². The second-order valence-electron chi connectivity index (χ2n) is 8.88. The molecule has 0 N–H and O–H groups in total. The molecule has 3 fully saturated rings. The van der Waals surface area contributed by atoms with Crippen molar-refractivity contribution in [2.75, 3.05) is 26.7 Å². The number of ether oxygens (including phenoxy) is 2. The van der Waals surface area contributed by atoms with Crippen molar-refractivity contribution in [2.45, 2.75) is 52.2 Å². The SMILES string of the molecule is CCCc1nc2c(C)nc(OC)nc2n1Cc1ccc(O[C@@H]2CN3CCC2CC3)cc1F. The molecule has 8 heteroatoms. The standard InChI is InChI=1S/C24H30FN5O2/c1-4-5-21-27-22-15(2)26-24(31-3)28-23(22)30(21)13-17-6-7-18(12-19(17)25)32-20-14-29-10-8-16(20)9-11-29/h6-7,12,16,20H,4-5,8-11,13-14H2,1-3H3/t20-/m1/s1. The van der Waals surface area contributed by atoms with E-state index >= 15 is 4.39 Å². The van der Waals surface area contributed by atoms with Crippen LogP contribution in [-0.4, -0.2) is 57.3 Å². The zero-order chi connectivity index (χ0) is 22.2. The summed E-state index contributed by atoms with van der Waals surface area (Å²) in [5.74, 6) is 1.79. The summed E-state index contributed by atoms with van der Waals surface area (Å²) in [7, 11) is 1.54. The number of benzene rings is 1. The van der Waals surface area contributed by atoms with Crippen molar-refractivity contribution in [3.8, 4) is 11.8 Å². The van der Waals surface area contributed by atoms with Crippen LogP contribution < -0.4 is 9.47 Å². The Balaban J connectivity index is 1.42. The van der Waals surface area contributed by atoms with Gasteiger partial charge in [-0.05, 0) is 51.3 Å². The van der Waals surface area contributed by atoms with Gasteiger partial charge in [0.1, 0.15) is 29.0 Å². The molecule has 5 heterocycles. The van der Waals surface area contributed by atoms with Crippen molar-refractivity contribution in [3.63, 3.8) is 0 Å². The average Bonchev–Trinajstić information content (AvgIpc) is 3.14. The molecule has 3 aliphatic heterocycles. The number of methoxy groups -OCH3 is 1. The number of piperidine rings is 3. The maximum absolute atomic E-state index is 15.1. The minimum absolute atomic E-state index is 0.156. The Morgan fingerprint density at radius 1 is 1.16 bits per heavy atom. The summed E-state index contributed by atoms with van der Waals surface area (Å²) in [6.45, 7) is 7.59. The lowest BCUT2D eigenvalue weighted by atomic mass is 9.86. The number of hydrogen-bond donors (Lipinski definition) is 0. The predicted molar refractivity (Wildman–Crippen MR) is 120 cm³/mol. The number of imidazole rings is 1. The van der Waals surface area contributed by atoms with Crippen LogP contribution in [0.5, 0.6) is 11.8 Å². The number of aromatic nitrogens is 4. The molecule has 1 aromatic carbocycles. The summed E-state index contributed by atoms with van der Waals surface area (Å²) in [6.07, 6.45) is 4.21. The van der Waals surface area contributed by atoms with Gasteiger partial charge >= 0.3 is 6.01 Å². The van der Waals surface area contributed by atoms with Crippen LogP contribution in [0.2, 0.25) is 0 Å². The van der Waals surface area contributed by atoms with Gasteiger partial charge < -0.3 is 14.0 Å². The molecule has 7 nitrogen and oxygen atoms in total. The van der Waals surface area contributed by atoms with E-state index in [1.165, 1.54) is 18.9 Å². The molecule has 2 aromatic heterocycles. The molecule has 0 unspecified atom stereocenters. The fraction of sp³-hybridized carbons (Fsp3) is 0.542. The molecule has 0 aliphatic carbocycles. The van der Waals surface area contributed by atoms with Crippen LogP contribution in [0.15, 0.2) is 18.2 Å². The average molecular weight is 440 g/mol. The highest BCUT2D eigenvalue weighted by Gasteiger charge is 2.35. The Morgan fingerprint density at radius 3 is 2.62 bits per heavy atom. The number of aryl methyl sites for hydroxylation is 2. The van der Waals surface area contributed by atoms with Gasteiger partial charge in [-0.1, -0.05) is 13.0 Å². The Bertz CT molecular complexity index is 1120. The molecule has 3 aliphatic rings. The molecule has 6 rings (SSSR count). The highest BCUT2D eigenvalue weighted by atomic mass is 19.1. The summed E-state index contributed by atoms with van der Waals surface area (Å²) in [5, 5.41) is 0. The van der Waals surface area contributed by atoms with Crippen LogP contribution in [0.3, 0.4) is 0 Å². The lowest BCUT2D eigenvalue weighted by Crippen LogP contribution is -2.52. The summed E-state index contributed by atoms with van der Waals surface area (Å²) < 4.78 is 28.6. The van der Waals surface area contributed by atoms with Crippen LogP contribution in [0.1, 0.15) is 43.3 Å². The first kappa shape index (κ1) is 21.1. The third-order valence-corrected chi connectivity index (χ3v) is 6.72. The van der Waals surface area contributed by atoms with E-state index in [1.807, 2.05) is 23.6 Å². The smallest absolute Gasteiger partial charge is 0.318 e. The minimum Gasteiger partial charge on any atom is -0.489 e. The van der Waals surface area contributed by atoms with Crippen molar-refractivity contribution in [3.05, 3.63) is 41.1 Å². The number of hydrogen-bond acceptors (Lipinski definition) is 6. The van der Waals surface area contributed by atoms with Gasteiger partial charge in [0.05, 0.1) is 19.3 Å². The number of halogens is 1. The predicted octanol–water partition coefficient (Wildman–Crippen LogP) is 3.76. The van der Waals surface area contributed by atoms with Gasteiger partial charge in [0.15, 0.2) is 5.65 Å². The van der Waals surface area contributed by atoms with Gasteiger partial charge in [-0.25, -0.2) is 9.37 Å². The maximum atomic E-state index is 15.1. The van der Waals surface area contributed by atoms with Gasteiger partial charge in [-0.2, -0.15) is 9.97 Å². The second-order valence-corrected chi connectivity index (χ2v) is 8.88. The largest absolute Gasteiger partial charge is 0.489 e. The van der Waals surface area contributed by atoms with Crippen molar-refractivity contribution >= 4 is 11.2 Å². The Hall–Kier alpha value is -2.74. The lowest BCUT2D eigenvalue weighted by Gasteiger charge is -2.44. The molecule has 0 radical (unpaired) electrons. The van der Waals surface area contributed by atoms with Gasteiger partial charge in [0.2, 0.25) is 0 Å². The van der Waals surface area contributed by atoms with Gasteiger partial charge in [0.25, 0.3) is 0 Å². The minimum atomic E-state index is -0.272. The lowest BCUT2D eigenvalue weighted by molar-refractivity contribution is -0.00789. The van der Waals surface area contributed by atoms with Gasteiger partial charge in [0, 0.05) is 24.6 Å². The van der Waals surface area contributed by atoms with Crippen molar-refractivity contribution in [1.82, 2.24) is 24.4 Å². The Labute approximate surface area is 187 Å². The third kappa shape index (κ3) is 3.92. The van der Waals surface area contributed by atoms with Crippen LogP contribution in [-0.2, 0) is 13.0 Å². The number of nitrogens with zero attached hydrogens (tertiary/aromatic N) is 5. The maximum Gasteiger partial charge on any atom is 0.318 e. The zero-order valence-corrected chi connectivity index (χ0v) is 19.0. The molecule has 170 valence electrons. The van der Waals surface area contributed by atoms with E-state index in [0.717, 1.165) is 49.5 Å². The van der Waals surface area contributed by atoms with E-state index in [-0.39, 0.29) is 11.9 Å². The topological polar surface area (TPSA) is 65.3 Å². The first-order valence-corrected chi connectivity index (χ1v) is 11.5. The highest BCUT2D eigenvalue weighted by Crippen LogP contribution is 2.31. The quantitative estimate of drug-likeness (QED) is 0.559. The fourth-order valence-electron chi connectivity index (χ4n) is 4.95. The van der Waals surface area contributed by atoms with E-state index in [9.17, 15) is 0 Å². The van der Waals surface area contributed by atoms with Crippen molar-refractivity contribution in [2.24, 2.45) is 5.92 Å². The van der Waals surface area contributed by atoms with E-state index in [0.29, 0.717) is 35.4 Å². The monoisotopic (exact) mass is 439 g/mol. The van der Waals surface area contributed by atoms with Crippen LogP contribution in [0.25, 0.3) is 11.2 Å². The molecule has 1 atom stereocenters. The molecule has 2 bridgehead atoms. The molecule has 0 amide bonds. The molecule has 0 saturated carbocycles. The van der Waals surface area contributed by atoms with Crippen LogP contribution >= 0.6 is 0 Å². The highest BCUT2D eigenvalue weighted by molar-refractivity contribution is 5.74. The van der Waals surface area contributed by atoms with Crippen molar-refractivity contribution in [1.29, 1.82) is 0 Å². The normalized spacial score (nSPS) is 22.4. The van der Waals surface area contributed by atoms with Gasteiger partial charge in [-0.3, -0.25) is 4.90 Å². The van der Waals surface area contributed by atoms with Crippen LogP contribution in [0, 0.1) is 18.7 Å². The Kier molecular flexibility index (Phi) is 5.71. The summed E-state index contributed by atoms with van der Waals surface area (Å²) in [4.78, 5) is 16.0. The number of rotatable bonds is 7. The number of fused-ring (bicyclic) bond motifs is 4. The first-order valence-electron chi connectivity index (χ1n) is 11.5. The van der Waals surface area contributed by atoms with E-state index < -0.39 is 0 Å². The molecular weight excluding hydrogens is 409 g/mol.